The van der Waals surface area contributed by atoms with Gasteiger partial charge in [0.2, 0.25) is 0 Å². The lowest BCUT2D eigenvalue weighted by molar-refractivity contribution is 0.413. The molecule has 0 saturated heterocycles. The lowest BCUT2D eigenvalue weighted by Gasteiger charge is -2.19. The summed E-state index contributed by atoms with van der Waals surface area (Å²) >= 11 is 0. The molecule has 0 N–H and O–H groups in total. The van der Waals surface area contributed by atoms with Crippen LogP contribution in [-0.4, -0.2) is 12.1 Å². The summed E-state index contributed by atoms with van der Waals surface area (Å²) in [6.07, 6.45) is 3.58. The number of ether oxygens (including phenoxy) is 1. The van der Waals surface area contributed by atoms with Crippen molar-refractivity contribution in [3.05, 3.63) is 48.3 Å². The van der Waals surface area contributed by atoms with E-state index in [4.69, 9.17) is 4.74 Å². The molecular weight excluding hydrogens is 222 g/mol. The van der Waals surface area contributed by atoms with Gasteiger partial charge in [-0.2, -0.15) is 0 Å². The highest BCUT2D eigenvalue weighted by Crippen LogP contribution is 2.28. The average Bonchev–Trinajstić information content (AvgIpc) is 2.38. The molecule has 0 fully saturated rings. The predicted octanol–water partition coefficient (Wildman–Crippen LogP) is 4.05. The molecule has 1 aromatic carbocycles. The largest absolute Gasteiger partial charge is 0.495 e. The molecule has 2 rings (SSSR count). The van der Waals surface area contributed by atoms with Crippen LogP contribution in [0.4, 0.5) is 0 Å². The topological polar surface area (TPSA) is 22.1 Å². The molecular formula is C16H19NO. The van der Waals surface area contributed by atoms with Gasteiger partial charge in [0.1, 0.15) is 5.75 Å². The van der Waals surface area contributed by atoms with Crippen LogP contribution in [-0.2, 0) is 5.41 Å². The van der Waals surface area contributed by atoms with Crippen LogP contribution in [0.25, 0.3) is 11.1 Å². The highest BCUT2D eigenvalue weighted by Gasteiger charge is 2.14. The van der Waals surface area contributed by atoms with Crippen molar-refractivity contribution in [2.24, 2.45) is 0 Å². The summed E-state index contributed by atoms with van der Waals surface area (Å²) in [5.74, 6) is 0.786. The van der Waals surface area contributed by atoms with E-state index in [-0.39, 0.29) is 5.41 Å². The third-order valence-electron chi connectivity index (χ3n) is 3.01. The van der Waals surface area contributed by atoms with Gasteiger partial charge in [0.25, 0.3) is 0 Å². The maximum atomic E-state index is 5.21. The zero-order valence-corrected chi connectivity index (χ0v) is 11.4. The molecule has 2 nitrogen and oxygen atoms in total. The Balaban J connectivity index is 2.44. The normalized spacial score (nSPS) is 11.3. The lowest BCUT2D eigenvalue weighted by atomic mass is 9.85. The number of benzene rings is 1. The molecule has 0 aliphatic carbocycles. The van der Waals surface area contributed by atoms with Gasteiger partial charge in [0.15, 0.2) is 0 Å². The van der Waals surface area contributed by atoms with Crippen LogP contribution in [0.5, 0.6) is 5.75 Å². The summed E-state index contributed by atoms with van der Waals surface area (Å²) in [5, 5.41) is 0. The molecule has 2 aromatic rings. The molecule has 0 saturated carbocycles. The van der Waals surface area contributed by atoms with Crippen LogP contribution in [0.1, 0.15) is 26.3 Å². The monoisotopic (exact) mass is 241 g/mol. The molecule has 0 atom stereocenters. The van der Waals surface area contributed by atoms with Gasteiger partial charge in [-0.1, -0.05) is 45.0 Å². The van der Waals surface area contributed by atoms with E-state index in [1.54, 1.807) is 13.3 Å². The molecule has 0 amide bonds. The Morgan fingerprint density at radius 3 is 2.44 bits per heavy atom. The van der Waals surface area contributed by atoms with Crippen molar-refractivity contribution in [2.75, 3.05) is 7.11 Å². The summed E-state index contributed by atoms with van der Waals surface area (Å²) in [5.41, 5.74) is 3.74. The van der Waals surface area contributed by atoms with Crippen molar-refractivity contribution in [3.8, 4) is 16.9 Å². The van der Waals surface area contributed by atoms with Crippen molar-refractivity contribution in [3.63, 3.8) is 0 Å². The highest BCUT2D eigenvalue weighted by atomic mass is 16.5. The second kappa shape index (κ2) is 4.81. The molecule has 18 heavy (non-hydrogen) atoms. The van der Waals surface area contributed by atoms with E-state index in [1.165, 1.54) is 11.1 Å². The SMILES string of the molecule is COc1cncc(-c2cccc(C(C)(C)C)c2)c1. The van der Waals surface area contributed by atoms with Gasteiger partial charge in [0.05, 0.1) is 13.3 Å². The minimum absolute atomic E-state index is 0.155. The summed E-state index contributed by atoms with van der Waals surface area (Å²) in [6.45, 7) is 6.65. The second-order valence-electron chi connectivity index (χ2n) is 5.44. The zero-order valence-electron chi connectivity index (χ0n) is 11.4. The number of hydrogen-bond acceptors (Lipinski definition) is 2. The molecule has 0 aliphatic rings. The zero-order chi connectivity index (χ0) is 13.2. The molecule has 0 spiro atoms. The van der Waals surface area contributed by atoms with Crippen molar-refractivity contribution in [1.82, 2.24) is 4.98 Å². The first kappa shape index (κ1) is 12.6. The van der Waals surface area contributed by atoms with Crippen LogP contribution in [0.15, 0.2) is 42.7 Å². The van der Waals surface area contributed by atoms with Crippen LogP contribution in [0.3, 0.4) is 0 Å². The number of methoxy groups -OCH3 is 1. The van der Waals surface area contributed by atoms with Crippen molar-refractivity contribution < 1.29 is 4.74 Å². The number of hydrogen-bond donors (Lipinski definition) is 0. The first-order valence-electron chi connectivity index (χ1n) is 6.10. The van der Waals surface area contributed by atoms with Crippen molar-refractivity contribution in [2.45, 2.75) is 26.2 Å². The minimum Gasteiger partial charge on any atom is -0.495 e. The molecule has 1 aromatic heterocycles. The fourth-order valence-electron chi connectivity index (χ4n) is 1.85. The first-order chi connectivity index (χ1) is 8.50. The van der Waals surface area contributed by atoms with Crippen LogP contribution >= 0.6 is 0 Å². The Labute approximate surface area is 109 Å². The molecule has 0 radical (unpaired) electrons. The van der Waals surface area contributed by atoms with Crippen molar-refractivity contribution in [1.29, 1.82) is 0 Å². The van der Waals surface area contributed by atoms with E-state index in [2.05, 4.69) is 50.0 Å². The van der Waals surface area contributed by atoms with E-state index in [0.29, 0.717) is 0 Å². The molecule has 0 unspecified atom stereocenters. The van der Waals surface area contributed by atoms with Gasteiger partial charge >= 0.3 is 0 Å². The summed E-state index contributed by atoms with van der Waals surface area (Å²) in [4.78, 5) is 4.20. The number of nitrogens with zero attached hydrogens (tertiary/aromatic N) is 1. The predicted molar refractivity (Wildman–Crippen MR) is 74.9 cm³/mol. The Morgan fingerprint density at radius 1 is 1.00 bits per heavy atom. The third-order valence-corrected chi connectivity index (χ3v) is 3.01. The average molecular weight is 241 g/mol. The molecule has 2 heteroatoms. The maximum Gasteiger partial charge on any atom is 0.137 e. The molecule has 0 aliphatic heterocycles. The van der Waals surface area contributed by atoms with Gasteiger partial charge in [-0.15, -0.1) is 0 Å². The van der Waals surface area contributed by atoms with E-state index in [0.717, 1.165) is 11.3 Å². The van der Waals surface area contributed by atoms with Crippen LogP contribution in [0, 0.1) is 0 Å². The van der Waals surface area contributed by atoms with E-state index < -0.39 is 0 Å². The van der Waals surface area contributed by atoms with E-state index >= 15 is 0 Å². The highest BCUT2D eigenvalue weighted by molar-refractivity contribution is 5.65. The standard InChI is InChI=1S/C16H19NO/c1-16(2,3)14-7-5-6-12(8-14)13-9-15(18-4)11-17-10-13/h5-11H,1-4H3. The fourth-order valence-corrected chi connectivity index (χ4v) is 1.85. The third kappa shape index (κ3) is 2.70. The summed E-state index contributed by atoms with van der Waals surface area (Å²) in [7, 11) is 1.66. The van der Waals surface area contributed by atoms with E-state index in [9.17, 15) is 0 Å². The van der Waals surface area contributed by atoms with Crippen LogP contribution < -0.4 is 4.74 Å². The number of rotatable bonds is 2. The van der Waals surface area contributed by atoms with Gasteiger partial charge < -0.3 is 4.74 Å². The Hall–Kier alpha value is -1.83. The van der Waals surface area contributed by atoms with Gasteiger partial charge in [-0.05, 0) is 22.6 Å². The maximum absolute atomic E-state index is 5.21. The first-order valence-corrected chi connectivity index (χ1v) is 6.10. The molecule has 1 heterocycles. The van der Waals surface area contributed by atoms with Crippen LogP contribution in [0.2, 0.25) is 0 Å². The summed E-state index contributed by atoms with van der Waals surface area (Å²) < 4.78 is 5.21. The lowest BCUT2D eigenvalue weighted by Crippen LogP contribution is -2.10. The Kier molecular flexibility index (Phi) is 3.37. The summed E-state index contributed by atoms with van der Waals surface area (Å²) in [6, 6.07) is 10.6. The fraction of sp³-hybridized carbons (Fsp3) is 0.312. The van der Waals surface area contributed by atoms with Gasteiger partial charge in [-0.25, -0.2) is 0 Å². The van der Waals surface area contributed by atoms with Gasteiger partial charge in [-0.3, -0.25) is 4.98 Å². The van der Waals surface area contributed by atoms with Gasteiger partial charge in [0, 0.05) is 11.8 Å². The second-order valence-corrected chi connectivity index (χ2v) is 5.44. The van der Waals surface area contributed by atoms with Crippen molar-refractivity contribution >= 4 is 0 Å². The quantitative estimate of drug-likeness (QED) is 0.791. The molecule has 0 bridgehead atoms. The number of pyridine rings is 1. The smallest absolute Gasteiger partial charge is 0.137 e. The van der Waals surface area contributed by atoms with E-state index in [1.807, 2.05) is 12.3 Å². The minimum atomic E-state index is 0.155. The molecule has 94 valence electrons. The Morgan fingerprint density at radius 2 is 1.78 bits per heavy atom. The Bertz CT molecular complexity index is 541. The number of aromatic nitrogens is 1.